The van der Waals surface area contributed by atoms with E-state index in [9.17, 15) is 14.4 Å². The fraction of sp³-hybridized carbons (Fsp3) is 0.450. The van der Waals surface area contributed by atoms with Gasteiger partial charge in [0, 0.05) is 42.8 Å². The van der Waals surface area contributed by atoms with Crippen molar-refractivity contribution < 1.29 is 18.7 Å². The number of hydrogen-bond acceptors (Lipinski definition) is 5. The topological polar surface area (TPSA) is 92.1 Å². The van der Waals surface area contributed by atoms with E-state index in [0.29, 0.717) is 30.9 Å². The van der Waals surface area contributed by atoms with Crippen LogP contribution in [0.3, 0.4) is 0 Å². The number of anilines is 1. The van der Waals surface area contributed by atoms with E-state index in [0.717, 1.165) is 5.39 Å². The number of nitrogens with one attached hydrogen (secondary N) is 1. The van der Waals surface area contributed by atoms with E-state index in [2.05, 4.69) is 5.32 Å². The second-order valence-corrected chi connectivity index (χ2v) is 7.91. The van der Waals surface area contributed by atoms with Gasteiger partial charge >= 0.3 is 17.7 Å². The molecule has 3 amide bonds. The predicted molar refractivity (Wildman–Crippen MR) is 105 cm³/mol. The summed E-state index contributed by atoms with van der Waals surface area (Å²) >= 11 is 0. The van der Waals surface area contributed by atoms with Crippen molar-refractivity contribution in [3.8, 4) is 0 Å². The number of nitrogens with zero attached hydrogens (tertiary/aromatic N) is 2. The fourth-order valence-corrected chi connectivity index (χ4v) is 3.10. The monoisotopic (exact) mass is 387 g/mol. The Hall–Kier alpha value is -3.03. The van der Waals surface area contributed by atoms with Crippen molar-refractivity contribution in [3.05, 3.63) is 40.8 Å². The molecule has 2 aromatic rings. The molecule has 1 N–H and O–H groups in total. The highest BCUT2D eigenvalue weighted by atomic mass is 16.6. The molecule has 1 unspecified atom stereocenters. The molecular weight excluding hydrogens is 362 g/mol. The molecule has 0 spiro atoms. The van der Waals surface area contributed by atoms with Crippen molar-refractivity contribution in [2.45, 2.75) is 39.3 Å². The molecule has 1 fully saturated rings. The fourth-order valence-electron chi connectivity index (χ4n) is 3.10. The maximum Gasteiger partial charge on any atom is 0.410 e. The lowest BCUT2D eigenvalue weighted by Crippen LogP contribution is -2.57. The Balaban J connectivity index is 1.63. The molecule has 1 aromatic carbocycles. The van der Waals surface area contributed by atoms with Gasteiger partial charge in [0.1, 0.15) is 11.2 Å². The van der Waals surface area contributed by atoms with Gasteiger partial charge in [-0.1, -0.05) is 0 Å². The first kappa shape index (κ1) is 19.7. The van der Waals surface area contributed by atoms with E-state index in [1.54, 1.807) is 34.1 Å². The summed E-state index contributed by atoms with van der Waals surface area (Å²) in [5.41, 5.74) is 0.100. The minimum atomic E-state index is -0.552. The van der Waals surface area contributed by atoms with Gasteiger partial charge in [0.25, 0.3) is 0 Å². The van der Waals surface area contributed by atoms with Gasteiger partial charge < -0.3 is 24.3 Å². The van der Waals surface area contributed by atoms with Gasteiger partial charge in [0.2, 0.25) is 0 Å². The Morgan fingerprint density at radius 1 is 1.18 bits per heavy atom. The third-order valence-electron chi connectivity index (χ3n) is 4.41. The van der Waals surface area contributed by atoms with Crippen molar-refractivity contribution in [2.75, 3.05) is 25.0 Å². The molecule has 1 aliphatic heterocycles. The highest BCUT2D eigenvalue weighted by molar-refractivity contribution is 5.92. The van der Waals surface area contributed by atoms with Gasteiger partial charge in [-0.25, -0.2) is 14.4 Å². The number of hydrogen-bond donors (Lipinski definition) is 1. The summed E-state index contributed by atoms with van der Waals surface area (Å²) in [5, 5.41) is 3.59. The van der Waals surface area contributed by atoms with Crippen LogP contribution < -0.4 is 10.9 Å². The molecule has 8 heteroatoms. The molecule has 28 heavy (non-hydrogen) atoms. The number of carbonyl (C=O) groups excluding carboxylic acids is 2. The summed E-state index contributed by atoms with van der Waals surface area (Å²) in [7, 11) is 0. The molecule has 0 bridgehead atoms. The maximum atomic E-state index is 12.7. The van der Waals surface area contributed by atoms with Crippen LogP contribution in [0.1, 0.15) is 27.7 Å². The van der Waals surface area contributed by atoms with E-state index >= 15 is 0 Å². The Morgan fingerprint density at radius 3 is 2.61 bits per heavy atom. The van der Waals surface area contributed by atoms with Crippen molar-refractivity contribution in [3.63, 3.8) is 0 Å². The second-order valence-electron chi connectivity index (χ2n) is 7.91. The number of fused-ring (bicyclic) bond motifs is 1. The minimum absolute atomic E-state index is 0.153. The third kappa shape index (κ3) is 4.62. The smallest absolute Gasteiger partial charge is 0.410 e. The first-order chi connectivity index (χ1) is 13.1. The van der Waals surface area contributed by atoms with Crippen LogP contribution in [0.15, 0.2) is 39.5 Å². The highest BCUT2D eigenvalue weighted by Crippen LogP contribution is 2.20. The zero-order valence-corrected chi connectivity index (χ0v) is 16.5. The average Bonchev–Trinajstić information content (AvgIpc) is 2.60. The van der Waals surface area contributed by atoms with Crippen LogP contribution >= 0.6 is 0 Å². The Kier molecular flexibility index (Phi) is 5.31. The van der Waals surface area contributed by atoms with Crippen LogP contribution in [0, 0.1) is 0 Å². The molecule has 2 heterocycles. The van der Waals surface area contributed by atoms with E-state index in [1.807, 2.05) is 27.7 Å². The third-order valence-corrected chi connectivity index (χ3v) is 4.41. The number of rotatable bonds is 1. The van der Waals surface area contributed by atoms with Crippen molar-refractivity contribution >= 4 is 28.8 Å². The Labute approximate surface area is 163 Å². The number of piperazine rings is 1. The summed E-state index contributed by atoms with van der Waals surface area (Å²) < 4.78 is 10.5. The predicted octanol–water partition coefficient (Wildman–Crippen LogP) is 3.27. The van der Waals surface area contributed by atoms with Crippen molar-refractivity contribution in [2.24, 2.45) is 0 Å². The molecular formula is C20H25N3O5. The molecule has 1 aliphatic rings. The molecule has 150 valence electrons. The molecule has 1 saturated heterocycles. The largest absolute Gasteiger partial charge is 0.444 e. The SMILES string of the molecule is CC1CN(C(=O)OC(C)(C)C)CCN1C(=O)Nc1ccc2oc(=O)ccc2c1. The molecule has 0 saturated carbocycles. The van der Waals surface area contributed by atoms with Gasteiger partial charge in [0.05, 0.1) is 0 Å². The molecule has 0 aliphatic carbocycles. The van der Waals surface area contributed by atoms with Crippen LogP contribution in [-0.4, -0.2) is 53.2 Å². The summed E-state index contributed by atoms with van der Waals surface area (Å²) in [5.74, 6) is 0. The van der Waals surface area contributed by atoms with Crippen LogP contribution in [0.4, 0.5) is 15.3 Å². The number of ether oxygens (including phenoxy) is 1. The molecule has 3 rings (SSSR count). The lowest BCUT2D eigenvalue weighted by molar-refractivity contribution is 0.0112. The van der Waals surface area contributed by atoms with E-state index in [4.69, 9.17) is 9.15 Å². The van der Waals surface area contributed by atoms with Crippen LogP contribution in [0.25, 0.3) is 11.0 Å². The first-order valence-corrected chi connectivity index (χ1v) is 9.22. The zero-order valence-electron chi connectivity index (χ0n) is 16.5. The summed E-state index contributed by atoms with van der Waals surface area (Å²) in [6, 6.07) is 7.68. The molecule has 0 radical (unpaired) electrons. The average molecular weight is 387 g/mol. The standard InChI is InChI=1S/C20H25N3O5/c1-13-12-22(19(26)28-20(2,3)4)9-10-23(13)18(25)21-15-6-7-16-14(11-15)5-8-17(24)27-16/h5-8,11,13H,9-10,12H2,1-4H3,(H,21,25). The zero-order chi connectivity index (χ0) is 20.5. The lowest BCUT2D eigenvalue weighted by Gasteiger charge is -2.40. The number of amides is 3. The Bertz CT molecular complexity index is 947. The summed E-state index contributed by atoms with van der Waals surface area (Å²) in [6.45, 7) is 8.60. The lowest BCUT2D eigenvalue weighted by atomic mass is 10.2. The van der Waals surface area contributed by atoms with Gasteiger partial charge in [-0.05, 0) is 52.0 Å². The summed E-state index contributed by atoms with van der Waals surface area (Å²) in [6.07, 6.45) is -0.365. The first-order valence-electron chi connectivity index (χ1n) is 9.22. The van der Waals surface area contributed by atoms with Gasteiger partial charge in [-0.3, -0.25) is 0 Å². The number of carbonyl (C=O) groups is 2. The quantitative estimate of drug-likeness (QED) is 0.758. The molecule has 1 aromatic heterocycles. The highest BCUT2D eigenvalue weighted by Gasteiger charge is 2.32. The van der Waals surface area contributed by atoms with Crippen molar-refractivity contribution in [1.82, 2.24) is 9.80 Å². The number of benzene rings is 1. The van der Waals surface area contributed by atoms with Gasteiger partial charge in [-0.2, -0.15) is 0 Å². The van der Waals surface area contributed by atoms with Crippen LogP contribution in [0.5, 0.6) is 0 Å². The Morgan fingerprint density at radius 2 is 1.93 bits per heavy atom. The van der Waals surface area contributed by atoms with E-state index < -0.39 is 11.2 Å². The van der Waals surface area contributed by atoms with Crippen molar-refractivity contribution in [1.29, 1.82) is 0 Å². The minimum Gasteiger partial charge on any atom is -0.444 e. The maximum absolute atomic E-state index is 12.7. The van der Waals surface area contributed by atoms with Gasteiger partial charge in [0.15, 0.2) is 0 Å². The van der Waals surface area contributed by atoms with Crippen LogP contribution in [0.2, 0.25) is 0 Å². The molecule has 8 nitrogen and oxygen atoms in total. The van der Waals surface area contributed by atoms with E-state index in [1.165, 1.54) is 6.07 Å². The summed E-state index contributed by atoms with van der Waals surface area (Å²) in [4.78, 5) is 39.5. The molecule has 1 atom stereocenters. The number of urea groups is 1. The van der Waals surface area contributed by atoms with Gasteiger partial charge in [-0.15, -0.1) is 0 Å². The van der Waals surface area contributed by atoms with E-state index in [-0.39, 0.29) is 18.2 Å². The second kappa shape index (κ2) is 7.53. The normalized spacial score (nSPS) is 17.5. The van der Waals surface area contributed by atoms with Crippen LogP contribution in [-0.2, 0) is 4.74 Å².